The van der Waals surface area contributed by atoms with E-state index >= 15 is 0 Å². The molecule has 0 fully saturated rings. The van der Waals surface area contributed by atoms with E-state index in [2.05, 4.69) is 11.2 Å². The summed E-state index contributed by atoms with van der Waals surface area (Å²) in [5.74, 6) is 1.98. The van der Waals surface area contributed by atoms with E-state index in [-0.39, 0.29) is 28.8 Å². The van der Waals surface area contributed by atoms with Crippen LogP contribution in [0.1, 0.15) is 24.7 Å². The zero-order valence-electron chi connectivity index (χ0n) is 10.4. The molecule has 0 aromatic heterocycles. The van der Waals surface area contributed by atoms with Gasteiger partial charge in [-0.1, -0.05) is 24.1 Å². The van der Waals surface area contributed by atoms with Crippen molar-refractivity contribution in [3.05, 3.63) is 35.6 Å². The number of nitrogens with one attached hydrogen (secondary N) is 1. The van der Waals surface area contributed by atoms with Gasteiger partial charge in [0.15, 0.2) is 0 Å². The maximum absolute atomic E-state index is 13.6. The van der Waals surface area contributed by atoms with Gasteiger partial charge in [0.1, 0.15) is 5.82 Å². The predicted octanol–water partition coefficient (Wildman–Crippen LogP) is 2.76. The van der Waals surface area contributed by atoms with Crippen molar-refractivity contribution in [3.63, 3.8) is 0 Å². The summed E-state index contributed by atoms with van der Waals surface area (Å²) >= 11 is 1.40. The molecule has 2 nitrogen and oxygen atoms in total. The van der Waals surface area contributed by atoms with Crippen molar-refractivity contribution in [1.29, 1.82) is 0 Å². The van der Waals surface area contributed by atoms with Crippen LogP contribution in [-0.2, 0) is 4.79 Å². The van der Waals surface area contributed by atoms with E-state index in [1.165, 1.54) is 17.8 Å². The highest BCUT2D eigenvalue weighted by atomic mass is 32.2. The van der Waals surface area contributed by atoms with E-state index in [1.807, 2.05) is 6.92 Å². The summed E-state index contributed by atoms with van der Waals surface area (Å²) in [6, 6.07) is 6.60. The SMILES string of the molecule is C#CCNC(=O)[C@@H](C)S[C@H](C)c1ccccc1F. The van der Waals surface area contributed by atoms with Crippen molar-refractivity contribution < 1.29 is 9.18 Å². The third-order valence-corrected chi connectivity index (χ3v) is 3.77. The Hall–Kier alpha value is -1.47. The Balaban J connectivity index is 2.60. The van der Waals surface area contributed by atoms with Gasteiger partial charge in [-0.05, 0) is 19.9 Å². The van der Waals surface area contributed by atoms with Crippen LogP contribution in [0.25, 0.3) is 0 Å². The first-order valence-electron chi connectivity index (χ1n) is 5.67. The summed E-state index contributed by atoms with van der Waals surface area (Å²) in [7, 11) is 0. The zero-order chi connectivity index (χ0) is 13.5. The minimum absolute atomic E-state index is 0.0854. The van der Waals surface area contributed by atoms with Crippen molar-refractivity contribution in [2.24, 2.45) is 0 Å². The molecule has 18 heavy (non-hydrogen) atoms. The number of amides is 1. The van der Waals surface area contributed by atoms with Crippen molar-refractivity contribution in [1.82, 2.24) is 5.32 Å². The van der Waals surface area contributed by atoms with Gasteiger partial charge in [-0.25, -0.2) is 4.39 Å². The van der Waals surface area contributed by atoms with Gasteiger partial charge in [0.2, 0.25) is 5.91 Å². The van der Waals surface area contributed by atoms with E-state index < -0.39 is 0 Å². The molecule has 0 unspecified atom stereocenters. The summed E-state index contributed by atoms with van der Waals surface area (Å²) in [6.45, 7) is 3.89. The molecule has 1 aromatic rings. The molecular weight excluding hydrogens is 249 g/mol. The molecular formula is C14H16FNOS. The van der Waals surface area contributed by atoms with Crippen LogP contribution in [-0.4, -0.2) is 17.7 Å². The maximum Gasteiger partial charge on any atom is 0.233 e. The van der Waals surface area contributed by atoms with Crippen molar-refractivity contribution in [3.8, 4) is 12.3 Å². The Morgan fingerprint density at radius 2 is 2.17 bits per heavy atom. The van der Waals surface area contributed by atoms with Crippen LogP contribution in [0.4, 0.5) is 4.39 Å². The minimum Gasteiger partial charge on any atom is -0.344 e. The van der Waals surface area contributed by atoms with E-state index in [4.69, 9.17) is 6.42 Å². The van der Waals surface area contributed by atoms with Crippen molar-refractivity contribution in [2.45, 2.75) is 24.3 Å². The van der Waals surface area contributed by atoms with Gasteiger partial charge in [-0.3, -0.25) is 4.79 Å². The Kier molecular flexibility index (Phi) is 5.73. The lowest BCUT2D eigenvalue weighted by molar-refractivity contribution is -0.120. The average molecular weight is 265 g/mol. The summed E-state index contributed by atoms with van der Waals surface area (Å²) in [4.78, 5) is 11.6. The quantitative estimate of drug-likeness (QED) is 0.829. The van der Waals surface area contributed by atoms with E-state index in [9.17, 15) is 9.18 Å². The second-order valence-electron chi connectivity index (χ2n) is 3.86. The van der Waals surface area contributed by atoms with Gasteiger partial charge < -0.3 is 5.32 Å². The van der Waals surface area contributed by atoms with E-state index in [0.717, 1.165) is 0 Å². The number of benzene rings is 1. The molecule has 0 aliphatic carbocycles. The van der Waals surface area contributed by atoms with Crippen LogP contribution in [0.2, 0.25) is 0 Å². The summed E-state index contributed by atoms with van der Waals surface area (Å²) in [5, 5.41) is 2.26. The number of carbonyl (C=O) groups is 1. The molecule has 0 spiro atoms. The average Bonchev–Trinajstić information content (AvgIpc) is 2.36. The highest BCUT2D eigenvalue weighted by Crippen LogP contribution is 2.32. The molecule has 0 saturated heterocycles. The van der Waals surface area contributed by atoms with Gasteiger partial charge in [-0.2, -0.15) is 0 Å². The second kappa shape index (κ2) is 7.07. The summed E-state index contributed by atoms with van der Waals surface area (Å²) in [5.41, 5.74) is 0.610. The van der Waals surface area contributed by atoms with E-state index in [1.54, 1.807) is 25.1 Å². The van der Waals surface area contributed by atoms with E-state index in [0.29, 0.717) is 5.56 Å². The largest absolute Gasteiger partial charge is 0.344 e. The Bertz CT molecular complexity index is 455. The van der Waals surface area contributed by atoms with Crippen LogP contribution < -0.4 is 5.32 Å². The predicted molar refractivity (Wildman–Crippen MR) is 73.7 cm³/mol. The van der Waals surface area contributed by atoms with Gasteiger partial charge >= 0.3 is 0 Å². The Morgan fingerprint density at radius 3 is 2.78 bits per heavy atom. The molecule has 4 heteroatoms. The highest BCUT2D eigenvalue weighted by molar-refractivity contribution is 8.00. The van der Waals surface area contributed by atoms with Crippen LogP contribution in [0, 0.1) is 18.2 Å². The first-order chi connectivity index (χ1) is 8.56. The molecule has 2 atom stereocenters. The first kappa shape index (κ1) is 14.6. The van der Waals surface area contributed by atoms with Crippen LogP contribution >= 0.6 is 11.8 Å². The fourth-order valence-corrected chi connectivity index (χ4v) is 2.69. The number of halogens is 1. The molecule has 0 saturated carbocycles. The lowest BCUT2D eigenvalue weighted by Crippen LogP contribution is -2.31. The number of terminal acetylenes is 1. The van der Waals surface area contributed by atoms with Gasteiger partial charge in [0.25, 0.3) is 0 Å². The Labute approximate surface area is 111 Å². The van der Waals surface area contributed by atoms with Crippen molar-refractivity contribution >= 4 is 17.7 Å². The number of hydrogen-bond donors (Lipinski definition) is 1. The maximum atomic E-state index is 13.6. The molecule has 0 heterocycles. The highest BCUT2D eigenvalue weighted by Gasteiger charge is 2.19. The normalized spacial score (nSPS) is 13.4. The second-order valence-corrected chi connectivity index (χ2v) is 5.55. The minimum atomic E-state index is -0.270. The number of rotatable bonds is 5. The molecule has 1 N–H and O–H groups in total. The summed E-state index contributed by atoms with van der Waals surface area (Å²) in [6.07, 6.45) is 5.07. The lowest BCUT2D eigenvalue weighted by Gasteiger charge is -2.17. The van der Waals surface area contributed by atoms with Gasteiger partial charge in [0, 0.05) is 10.8 Å². The first-order valence-corrected chi connectivity index (χ1v) is 6.61. The standard InChI is InChI=1S/C14H16FNOS/c1-4-9-16-14(17)11(3)18-10(2)12-7-5-6-8-13(12)15/h1,5-8,10-11H,9H2,2-3H3,(H,16,17)/t10-,11-/m1/s1. The molecule has 1 aromatic carbocycles. The summed E-state index contributed by atoms with van der Waals surface area (Å²) < 4.78 is 13.6. The molecule has 1 rings (SSSR count). The third-order valence-electron chi connectivity index (χ3n) is 2.49. The Morgan fingerprint density at radius 1 is 1.50 bits per heavy atom. The fraction of sp³-hybridized carbons (Fsp3) is 0.357. The van der Waals surface area contributed by atoms with Crippen LogP contribution in [0.3, 0.4) is 0 Å². The molecule has 1 amide bonds. The number of hydrogen-bond acceptors (Lipinski definition) is 2. The van der Waals surface area contributed by atoms with Gasteiger partial charge in [0.05, 0.1) is 11.8 Å². The topological polar surface area (TPSA) is 29.1 Å². The molecule has 0 bridgehead atoms. The molecule has 0 aliphatic rings. The van der Waals surface area contributed by atoms with Crippen LogP contribution in [0.15, 0.2) is 24.3 Å². The van der Waals surface area contributed by atoms with Gasteiger partial charge in [-0.15, -0.1) is 18.2 Å². The fourth-order valence-electron chi connectivity index (χ4n) is 1.53. The zero-order valence-corrected chi connectivity index (χ0v) is 11.3. The number of thioether (sulfide) groups is 1. The third kappa shape index (κ3) is 4.08. The number of carbonyl (C=O) groups excluding carboxylic acids is 1. The molecule has 0 aliphatic heterocycles. The lowest BCUT2D eigenvalue weighted by atomic mass is 10.1. The molecule has 96 valence electrons. The van der Waals surface area contributed by atoms with Crippen LogP contribution in [0.5, 0.6) is 0 Å². The smallest absolute Gasteiger partial charge is 0.233 e. The molecule has 0 radical (unpaired) electrons. The van der Waals surface area contributed by atoms with Crippen molar-refractivity contribution in [2.75, 3.05) is 6.54 Å². The monoisotopic (exact) mass is 265 g/mol.